The maximum atomic E-state index is 13.2. The minimum Gasteiger partial charge on any atom is -0.380 e. The van der Waals surface area contributed by atoms with Crippen LogP contribution < -0.4 is 4.18 Å². The second kappa shape index (κ2) is 8.06. The van der Waals surface area contributed by atoms with E-state index < -0.39 is 21.3 Å². The number of hydrogen-bond donors (Lipinski definition) is 0. The molecule has 170 valence electrons. The van der Waals surface area contributed by atoms with Gasteiger partial charge in [0.05, 0.1) is 10.9 Å². The van der Waals surface area contributed by atoms with Crippen LogP contribution in [0, 0.1) is 13.8 Å². The van der Waals surface area contributed by atoms with Gasteiger partial charge in [-0.3, -0.25) is 9.59 Å². The van der Waals surface area contributed by atoms with Crippen molar-refractivity contribution in [1.82, 2.24) is 4.98 Å². The molecule has 2 aliphatic carbocycles. The lowest BCUT2D eigenvalue weighted by Gasteiger charge is -2.21. The van der Waals surface area contributed by atoms with Crippen LogP contribution in [0.25, 0.3) is 10.9 Å². The van der Waals surface area contributed by atoms with Crippen molar-refractivity contribution in [3.05, 3.63) is 70.4 Å². The van der Waals surface area contributed by atoms with Crippen molar-refractivity contribution in [2.75, 3.05) is 0 Å². The molecule has 0 bridgehead atoms. The molecule has 0 atom stereocenters. The minimum atomic E-state index is -3.81. The Labute approximate surface area is 193 Å². The maximum absolute atomic E-state index is 13.2. The SMILES string of the molecule is Cc1ccc(C)c2c1C(=O)C(c1ccc3cccc(OS(=O)(=O)C4CCCCC4)c3n1)C2=O. The van der Waals surface area contributed by atoms with Crippen LogP contribution in [0.5, 0.6) is 5.75 Å². The maximum Gasteiger partial charge on any atom is 0.312 e. The monoisotopic (exact) mass is 463 g/mol. The summed E-state index contributed by atoms with van der Waals surface area (Å²) >= 11 is 0. The number of carbonyl (C=O) groups is 2. The molecule has 7 heteroatoms. The van der Waals surface area contributed by atoms with Crippen molar-refractivity contribution < 1.29 is 22.2 Å². The largest absolute Gasteiger partial charge is 0.380 e. The quantitative estimate of drug-likeness (QED) is 0.397. The predicted octanol–water partition coefficient (Wildman–Crippen LogP) is 5.06. The van der Waals surface area contributed by atoms with Gasteiger partial charge in [-0.15, -0.1) is 0 Å². The van der Waals surface area contributed by atoms with E-state index in [2.05, 4.69) is 4.98 Å². The first-order valence-corrected chi connectivity index (χ1v) is 12.8. The summed E-state index contributed by atoms with van der Waals surface area (Å²) in [6, 6.07) is 12.2. The zero-order chi connectivity index (χ0) is 23.3. The Hall–Kier alpha value is -3.06. The molecule has 0 N–H and O–H groups in total. The molecule has 0 amide bonds. The van der Waals surface area contributed by atoms with Crippen molar-refractivity contribution in [3.63, 3.8) is 0 Å². The van der Waals surface area contributed by atoms with E-state index in [0.717, 1.165) is 30.4 Å². The van der Waals surface area contributed by atoms with E-state index in [1.54, 1.807) is 30.3 Å². The summed E-state index contributed by atoms with van der Waals surface area (Å²) in [5.41, 5.74) is 3.07. The summed E-state index contributed by atoms with van der Waals surface area (Å²) in [7, 11) is -3.81. The molecule has 33 heavy (non-hydrogen) atoms. The highest BCUT2D eigenvalue weighted by Crippen LogP contribution is 2.38. The summed E-state index contributed by atoms with van der Waals surface area (Å²) in [6.07, 6.45) is 3.96. The average molecular weight is 464 g/mol. The topological polar surface area (TPSA) is 90.4 Å². The van der Waals surface area contributed by atoms with Crippen LogP contribution in [0.3, 0.4) is 0 Å². The lowest BCUT2D eigenvalue weighted by molar-refractivity contribution is 0.0888. The van der Waals surface area contributed by atoms with Crippen molar-refractivity contribution in [2.45, 2.75) is 57.1 Å². The molecule has 0 radical (unpaired) electrons. The molecular weight excluding hydrogens is 438 g/mol. The number of aryl methyl sites for hydroxylation is 2. The lowest BCUT2D eigenvalue weighted by atomic mass is 9.97. The Kier molecular flexibility index (Phi) is 5.32. The first kappa shape index (κ1) is 21.8. The Balaban J connectivity index is 1.56. The van der Waals surface area contributed by atoms with Crippen molar-refractivity contribution >= 4 is 32.6 Å². The summed E-state index contributed by atoms with van der Waals surface area (Å²) in [4.78, 5) is 31.1. The number of nitrogens with zero attached hydrogens (tertiary/aromatic N) is 1. The number of hydrogen-bond acceptors (Lipinski definition) is 6. The molecule has 1 heterocycles. The highest BCUT2D eigenvalue weighted by molar-refractivity contribution is 7.87. The molecular formula is C26H25NO5S. The van der Waals surface area contributed by atoms with Gasteiger partial charge in [-0.1, -0.05) is 49.6 Å². The molecule has 1 fully saturated rings. The molecule has 1 aromatic heterocycles. The van der Waals surface area contributed by atoms with Crippen LogP contribution in [0.4, 0.5) is 0 Å². The van der Waals surface area contributed by atoms with Gasteiger partial charge in [0.15, 0.2) is 17.3 Å². The van der Waals surface area contributed by atoms with Gasteiger partial charge in [-0.2, -0.15) is 8.42 Å². The average Bonchev–Trinajstić information content (AvgIpc) is 3.08. The molecule has 0 spiro atoms. The van der Waals surface area contributed by atoms with Gasteiger partial charge in [-0.25, -0.2) is 4.98 Å². The Morgan fingerprint density at radius 2 is 1.48 bits per heavy atom. The highest BCUT2D eigenvalue weighted by Gasteiger charge is 2.42. The van der Waals surface area contributed by atoms with Gasteiger partial charge in [0.1, 0.15) is 11.4 Å². The number of carbonyl (C=O) groups excluding carboxylic acids is 2. The van der Waals surface area contributed by atoms with E-state index >= 15 is 0 Å². The van der Waals surface area contributed by atoms with Crippen molar-refractivity contribution in [1.29, 1.82) is 0 Å². The number of benzene rings is 2. The van der Waals surface area contributed by atoms with Crippen LogP contribution in [0.15, 0.2) is 42.5 Å². The number of para-hydroxylation sites is 1. The number of fused-ring (bicyclic) bond motifs is 2. The van der Waals surface area contributed by atoms with E-state index in [9.17, 15) is 18.0 Å². The zero-order valence-electron chi connectivity index (χ0n) is 18.6. The van der Waals surface area contributed by atoms with Crippen LogP contribution in [-0.4, -0.2) is 30.2 Å². The molecule has 2 aromatic carbocycles. The molecule has 0 aliphatic heterocycles. The highest BCUT2D eigenvalue weighted by atomic mass is 32.2. The van der Waals surface area contributed by atoms with Crippen molar-refractivity contribution in [3.8, 4) is 5.75 Å². The fourth-order valence-corrected chi connectivity index (χ4v) is 6.46. The Morgan fingerprint density at radius 1 is 0.848 bits per heavy atom. The van der Waals surface area contributed by atoms with Gasteiger partial charge in [0, 0.05) is 16.5 Å². The number of ketones is 2. The van der Waals surface area contributed by atoms with E-state index in [1.807, 2.05) is 26.0 Å². The predicted molar refractivity (Wildman–Crippen MR) is 125 cm³/mol. The second-order valence-electron chi connectivity index (χ2n) is 9.01. The smallest absolute Gasteiger partial charge is 0.312 e. The minimum absolute atomic E-state index is 0.127. The molecule has 3 aromatic rings. The van der Waals surface area contributed by atoms with Gasteiger partial charge in [0.25, 0.3) is 0 Å². The fraction of sp³-hybridized carbons (Fsp3) is 0.346. The van der Waals surface area contributed by atoms with Crippen LogP contribution >= 0.6 is 0 Å². The lowest BCUT2D eigenvalue weighted by Crippen LogP contribution is -2.28. The van der Waals surface area contributed by atoms with Gasteiger partial charge < -0.3 is 4.18 Å². The molecule has 0 unspecified atom stereocenters. The summed E-state index contributed by atoms with van der Waals surface area (Å²) in [5.74, 6) is -1.44. The van der Waals surface area contributed by atoms with Crippen LogP contribution in [-0.2, 0) is 10.1 Å². The summed E-state index contributed by atoms with van der Waals surface area (Å²) < 4.78 is 31.4. The molecule has 1 saturated carbocycles. The second-order valence-corrected chi connectivity index (χ2v) is 10.8. The van der Waals surface area contributed by atoms with Gasteiger partial charge in [0.2, 0.25) is 0 Å². The van der Waals surface area contributed by atoms with Gasteiger partial charge >= 0.3 is 10.1 Å². The number of Topliss-reactive ketones (excluding diaryl/α,β-unsaturated/α-hetero) is 2. The summed E-state index contributed by atoms with van der Waals surface area (Å²) in [6.45, 7) is 3.64. The van der Waals surface area contributed by atoms with Crippen LogP contribution in [0.2, 0.25) is 0 Å². The van der Waals surface area contributed by atoms with E-state index in [-0.39, 0.29) is 17.3 Å². The standard InChI is InChI=1S/C26H25NO5S/c1-15-11-12-16(2)22-21(15)25(28)23(26(22)29)19-14-13-17-7-6-10-20(24(17)27-19)32-33(30,31)18-8-4-3-5-9-18/h6-7,10-14,18,23H,3-5,8-9H2,1-2H3. The van der Waals surface area contributed by atoms with Gasteiger partial charge in [-0.05, 0) is 49.9 Å². The normalized spacial score (nSPS) is 17.5. The Morgan fingerprint density at radius 3 is 2.12 bits per heavy atom. The third kappa shape index (κ3) is 3.64. The third-order valence-corrected chi connectivity index (χ3v) is 8.51. The molecule has 6 nitrogen and oxygen atoms in total. The first-order valence-electron chi connectivity index (χ1n) is 11.3. The molecule has 5 rings (SSSR count). The van der Waals surface area contributed by atoms with Crippen LogP contribution in [0.1, 0.15) is 75.6 Å². The Bertz CT molecular complexity index is 1360. The van der Waals surface area contributed by atoms with E-state index in [4.69, 9.17) is 4.18 Å². The van der Waals surface area contributed by atoms with E-state index in [0.29, 0.717) is 40.6 Å². The van der Waals surface area contributed by atoms with E-state index in [1.165, 1.54) is 0 Å². The summed E-state index contributed by atoms with van der Waals surface area (Å²) in [5, 5.41) is 0.154. The fourth-order valence-electron chi connectivity index (χ4n) is 5.03. The zero-order valence-corrected chi connectivity index (χ0v) is 19.4. The van der Waals surface area contributed by atoms with Crippen molar-refractivity contribution in [2.24, 2.45) is 0 Å². The first-order chi connectivity index (χ1) is 15.8. The number of aromatic nitrogens is 1. The molecule has 2 aliphatic rings. The number of pyridine rings is 1. The molecule has 0 saturated heterocycles. The third-order valence-electron chi connectivity index (χ3n) is 6.81. The number of rotatable bonds is 4.